The number of hydrogen-bond acceptors (Lipinski definition) is 6. The summed E-state index contributed by atoms with van der Waals surface area (Å²) in [5.41, 5.74) is 2.09. The Kier molecular flexibility index (Phi) is 7.72. The van der Waals surface area contributed by atoms with Gasteiger partial charge in [0.25, 0.3) is 5.70 Å². The number of allylic oxidation sites excluding steroid dienone is 7. The van der Waals surface area contributed by atoms with Crippen LogP contribution in [0.4, 0.5) is 0 Å². The van der Waals surface area contributed by atoms with E-state index in [1.54, 1.807) is 6.08 Å². The zero-order valence-corrected chi connectivity index (χ0v) is 19.8. The van der Waals surface area contributed by atoms with Crippen molar-refractivity contribution >= 4 is 11.8 Å². The average molecular weight is 455 g/mol. The van der Waals surface area contributed by atoms with Crippen molar-refractivity contribution in [3.63, 3.8) is 0 Å². The number of carbonyl (C=O) groups excluding carboxylic acids is 2. The van der Waals surface area contributed by atoms with Crippen molar-refractivity contribution in [2.24, 2.45) is 11.3 Å². The summed E-state index contributed by atoms with van der Waals surface area (Å²) in [6.07, 6.45) is 12.7. The lowest BCUT2D eigenvalue weighted by Crippen LogP contribution is -2.39. The molecule has 3 aliphatic rings. The van der Waals surface area contributed by atoms with Gasteiger partial charge in [-0.3, -0.25) is 14.9 Å². The Balaban J connectivity index is 1.97. The quantitative estimate of drug-likeness (QED) is 0.192. The molecule has 3 rings (SSSR count). The standard InChI is InChI=1S/C26H34N2O5/c1-5-18(28(31)32)11-10-14-20-23(25(30)33-19-12-8-6-7-9-13-19)17(2)27-21-15-26(3,4)16-22(29)24(20)21/h5,10-11,14,19-20,27H,1,6-9,12-13,15-16H2,2-4H3/b14-10+,18-11+. The third-order valence-corrected chi connectivity index (χ3v) is 6.57. The highest BCUT2D eigenvalue weighted by Crippen LogP contribution is 2.43. The Morgan fingerprint density at radius 2 is 1.88 bits per heavy atom. The molecule has 0 aromatic heterocycles. The van der Waals surface area contributed by atoms with Crippen LogP contribution in [-0.4, -0.2) is 22.8 Å². The first kappa shape index (κ1) is 24.7. The number of ether oxygens (including phenoxy) is 1. The zero-order chi connectivity index (χ0) is 24.2. The van der Waals surface area contributed by atoms with Gasteiger partial charge in [-0.05, 0) is 44.4 Å². The van der Waals surface area contributed by atoms with Gasteiger partial charge in [0.15, 0.2) is 5.78 Å². The molecule has 2 aliphatic carbocycles. The summed E-state index contributed by atoms with van der Waals surface area (Å²) in [5, 5.41) is 14.4. The number of ketones is 1. The van der Waals surface area contributed by atoms with Crippen LogP contribution in [0.1, 0.15) is 72.1 Å². The lowest BCUT2D eigenvalue weighted by atomic mass is 9.70. The van der Waals surface area contributed by atoms with Gasteiger partial charge in [0, 0.05) is 41.5 Å². The predicted molar refractivity (Wildman–Crippen MR) is 126 cm³/mol. The molecule has 0 bridgehead atoms. The number of Topliss-reactive ketones (excluding diaryl/α,β-unsaturated/α-hetero) is 1. The molecule has 1 unspecified atom stereocenters. The summed E-state index contributed by atoms with van der Waals surface area (Å²) in [7, 11) is 0. The number of esters is 1. The van der Waals surface area contributed by atoms with Crippen LogP contribution in [0.25, 0.3) is 0 Å². The van der Waals surface area contributed by atoms with Crippen molar-refractivity contribution in [2.45, 2.75) is 78.2 Å². The SMILES string of the molecule is C=C/C(=C\C=C\C1C(C(=O)OC2CCCCCC2)=C(C)NC2=C1C(=O)CC(C)(C)C2)[N+](=O)[O-]. The van der Waals surface area contributed by atoms with E-state index >= 15 is 0 Å². The molecule has 178 valence electrons. The van der Waals surface area contributed by atoms with Gasteiger partial charge in [0.1, 0.15) is 6.10 Å². The molecule has 1 atom stereocenters. The van der Waals surface area contributed by atoms with Crippen molar-refractivity contribution in [3.8, 4) is 0 Å². The first-order valence-electron chi connectivity index (χ1n) is 11.7. The van der Waals surface area contributed by atoms with Crippen molar-refractivity contribution in [2.75, 3.05) is 0 Å². The maximum atomic E-state index is 13.3. The molecular formula is C26H34N2O5. The van der Waals surface area contributed by atoms with E-state index in [0.29, 0.717) is 29.7 Å². The van der Waals surface area contributed by atoms with E-state index < -0.39 is 16.8 Å². The molecule has 7 nitrogen and oxygen atoms in total. The maximum absolute atomic E-state index is 13.3. The Hall–Kier alpha value is -2.96. The van der Waals surface area contributed by atoms with Crippen LogP contribution < -0.4 is 5.32 Å². The van der Waals surface area contributed by atoms with Crippen LogP contribution in [0.2, 0.25) is 0 Å². The van der Waals surface area contributed by atoms with Gasteiger partial charge in [0.05, 0.1) is 10.5 Å². The van der Waals surface area contributed by atoms with Gasteiger partial charge < -0.3 is 10.1 Å². The number of hydrogen-bond donors (Lipinski definition) is 1. The molecule has 7 heteroatoms. The van der Waals surface area contributed by atoms with Crippen molar-refractivity contribution < 1.29 is 19.2 Å². The first-order chi connectivity index (χ1) is 15.6. The van der Waals surface area contributed by atoms with Crippen molar-refractivity contribution in [3.05, 3.63) is 69.2 Å². The molecule has 0 radical (unpaired) electrons. The highest BCUT2D eigenvalue weighted by molar-refractivity contribution is 6.03. The van der Waals surface area contributed by atoms with Gasteiger partial charge in [-0.15, -0.1) is 0 Å². The monoisotopic (exact) mass is 454 g/mol. The number of carbonyl (C=O) groups is 2. The second-order valence-corrected chi connectivity index (χ2v) is 9.93. The van der Waals surface area contributed by atoms with Crippen molar-refractivity contribution in [1.82, 2.24) is 5.32 Å². The summed E-state index contributed by atoms with van der Waals surface area (Å²) in [5.74, 6) is -1.05. The third kappa shape index (κ3) is 5.89. The van der Waals surface area contributed by atoms with E-state index in [0.717, 1.165) is 50.3 Å². The molecule has 33 heavy (non-hydrogen) atoms. The molecule has 0 aromatic rings. The molecule has 0 spiro atoms. The van der Waals surface area contributed by atoms with Gasteiger partial charge in [0.2, 0.25) is 0 Å². The second kappa shape index (κ2) is 10.3. The third-order valence-electron chi connectivity index (χ3n) is 6.57. The molecular weight excluding hydrogens is 420 g/mol. The van der Waals surface area contributed by atoms with E-state index in [2.05, 4.69) is 11.9 Å². The van der Waals surface area contributed by atoms with Gasteiger partial charge >= 0.3 is 5.97 Å². The van der Waals surface area contributed by atoms with E-state index in [4.69, 9.17) is 4.74 Å². The van der Waals surface area contributed by atoms with E-state index in [1.165, 1.54) is 12.2 Å². The first-order valence-corrected chi connectivity index (χ1v) is 11.7. The van der Waals surface area contributed by atoms with Crippen LogP contribution in [0, 0.1) is 21.4 Å². The van der Waals surface area contributed by atoms with E-state index in [1.807, 2.05) is 20.8 Å². The number of nitrogens with one attached hydrogen (secondary N) is 1. The molecule has 1 N–H and O–H groups in total. The molecule has 0 saturated heterocycles. The summed E-state index contributed by atoms with van der Waals surface area (Å²) >= 11 is 0. The van der Waals surface area contributed by atoms with Crippen LogP contribution in [-0.2, 0) is 14.3 Å². The van der Waals surface area contributed by atoms with E-state index in [-0.39, 0.29) is 23.0 Å². The Morgan fingerprint density at radius 1 is 1.21 bits per heavy atom. The molecule has 1 fully saturated rings. The molecule has 1 saturated carbocycles. The Labute approximate surface area is 195 Å². The minimum Gasteiger partial charge on any atom is -0.459 e. The Morgan fingerprint density at radius 3 is 2.48 bits per heavy atom. The normalized spacial score (nSPS) is 24.3. The van der Waals surface area contributed by atoms with Crippen LogP contribution in [0.5, 0.6) is 0 Å². The molecule has 0 aromatic carbocycles. The maximum Gasteiger partial charge on any atom is 0.337 e. The lowest BCUT2D eigenvalue weighted by molar-refractivity contribution is -0.418. The van der Waals surface area contributed by atoms with Crippen LogP contribution >= 0.6 is 0 Å². The molecule has 0 amide bonds. The van der Waals surface area contributed by atoms with Gasteiger partial charge in [-0.25, -0.2) is 4.79 Å². The van der Waals surface area contributed by atoms with E-state index in [9.17, 15) is 19.7 Å². The summed E-state index contributed by atoms with van der Waals surface area (Å²) < 4.78 is 5.91. The topological polar surface area (TPSA) is 98.5 Å². The fraction of sp³-hybridized carbons (Fsp3) is 0.538. The number of nitro groups is 1. The average Bonchev–Trinajstić information content (AvgIpc) is 2.97. The van der Waals surface area contributed by atoms with Crippen molar-refractivity contribution in [1.29, 1.82) is 0 Å². The second-order valence-electron chi connectivity index (χ2n) is 9.93. The molecule has 1 aliphatic heterocycles. The number of nitrogens with zero attached hydrogens (tertiary/aromatic N) is 1. The summed E-state index contributed by atoms with van der Waals surface area (Å²) in [6.45, 7) is 9.39. The Bertz CT molecular complexity index is 959. The van der Waals surface area contributed by atoms with Crippen LogP contribution in [0.15, 0.2) is 59.1 Å². The summed E-state index contributed by atoms with van der Waals surface area (Å²) in [4.78, 5) is 37.1. The fourth-order valence-electron chi connectivity index (χ4n) is 4.99. The predicted octanol–water partition coefficient (Wildman–Crippen LogP) is 5.29. The fourth-order valence-corrected chi connectivity index (χ4v) is 4.99. The van der Waals surface area contributed by atoms with Gasteiger partial charge in [-0.1, -0.05) is 45.4 Å². The lowest BCUT2D eigenvalue weighted by Gasteiger charge is -2.38. The van der Waals surface area contributed by atoms with Crippen LogP contribution in [0.3, 0.4) is 0 Å². The smallest absolute Gasteiger partial charge is 0.337 e. The highest BCUT2D eigenvalue weighted by atomic mass is 16.6. The zero-order valence-electron chi connectivity index (χ0n) is 19.8. The molecule has 1 heterocycles. The number of rotatable bonds is 6. The number of dihydropyridines is 1. The van der Waals surface area contributed by atoms with Gasteiger partial charge in [-0.2, -0.15) is 0 Å². The largest absolute Gasteiger partial charge is 0.459 e. The minimum atomic E-state index is -0.614. The highest BCUT2D eigenvalue weighted by Gasteiger charge is 2.41. The minimum absolute atomic E-state index is 0.0159. The summed E-state index contributed by atoms with van der Waals surface area (Å²) in [6, 6.07) is 0.